The number of hydrogen-bond donors (Lipinski definition) is 1. The lowest BCUT2D eigenvalue weighted by Crippen LogP contribution is -2.45. The number of rotatable bonds is 5. The molecule has 0 radical (unpaired) electrons. The van der Waals surface area contributed by atoms with E-state index < -0.39 is 5.60 Å². The minimum absolute atomic E-state index is 0.0210. The molecule has 1 atom stereocenters. The standard InChI is InChI=1S/C24H28N2O2/c1-25(23(27)22-12-11-20-9-5-6-10-21(20)15-22)17-24(28)13-14-26(18-24)16-19-7-3-2-4-8-19/h2-5,7-9,11-12,15,28H,6,10,13-14,16-18H2,1H3. The Balaban J connectivity index is 1.38. The van der Waals surface area contributed by atoms with E-state index in [0.717, 1.165) is 25.9 Å². The van der Waals surface area contributed by atoms with Crippen LogP contribution in [0.4, 0.5) is 0 Å². The molecule has 1 aliphatic carbocycles. The highest BCUT2D eigenvalue weighted by Gasteiger charge is 2.37. The van der Waals surface area contributed by atoms with Gasteiger partial charge >= 0.3 is 0 Å². The quantitative estimate of drug-likeness (QED) is 0.870. The fourth-order valence-electron chi connectivity index (χ4n) is 4.35. The number of benzene rings is 2. The number of aryl methyl sites for hydroxylation is 1. The highest BCUT2D eigenvalue weighted by Crippen LogP contribution is 2.25. The molecule has 1 amide bonds. The van der Waals surface area contributed by atoms with Crippen LogP contribution in [-0.4, -0.2) is 53.1 Å². The fraction of sp³-hybridized carbons (Fsp3) is 0.375. The summed E-state index contributed by atoms with van der Waals surface area (Å²) >= 11 is 0. The topological polar surface area (TPSA) is 43.8 Å². The predicted octanol–water partition coefficient (Wildman–Crippen LogP) is 3.36. The van der Waals surface area contributed by atoms with Crippen molar-refractivity contribution in [3.63, 3.8) is 0 Å². The lowest BCUT2D eigenvalue weighted by Gasteiger charge is -2.29. The van der Waals surface area contributed by atoms with Gasteiger partial charge in [-0.25, -0.2) is 0 Å². The van der Waals surface area contributed by atoms with Gasteiger partial charge in [-0.1, -0.05) is 48.6 Å². The molecule has 28 heavy (non-hydrogen) atoms. The van der Waals surface area contributed by atoms with Gasteiger partial charge in [0, 0.05) is 32.2 Å². The lowest BCUT2D eigenvalue weighted by atomic mass is 9.95. The Morgan fingerprint density at radius 3 is 2.86 bits per heavy atom. The minimum atomic E-state index is -0.851. The Labute approximate surface area is 167 Å². The van der Waals surface area contributed by atoms with Crippen LogP contribution < -0.4 is 0 Å². The van der Waals surface area contributed by atoms with Crippen LogP contribution in [0, 0.1) is 0 Å². The van der Waals surface area contributed by atoms with Crippen LogP contribution in [0.15, 0.2) is 54.6 Å². The van der Waals surface area contributed by atoms with E-state index in [0.29, 0.717) is 25.1 Å². The number of fused-ring (bicyclic) bond motifs is 1. The van der Waals surface area contributed by atoms with Crippen molar-refractivity contribution in [3.05, 3.63) is 76.9 Å². The molecule has 1 aliphatic heterocycles. The largest absolute Gasteiger partial charge is 0.387 e. The average molecular weight is 377 g/mol. The van der Waals surface area contributed by atoms with Crippen LogP contribution in [-0.2, 0) is 13.0 Å². The number of β-amino-alcohol motifs (C(OH)–C–C–N with tert-alkyl or cyclic N) is 1. The Morgan fingerprint density at radius 2 is 2.04 bits per heavy atom. The predicted molar refractivity (Wildman–Crippen MR) is 112 cm³/mol. The van der Waals surface area contributed by atoms with Crippen LogP contribution in [0.5, 0.6) is 0 Å². The fourth-order valence-corrected chi connectivity index (χ4v) is 4.35. The van der Waals surface area contributed by atoms with E-state index in [9.17, 15) is 9.90 Å². The zero-order valence-corrected chi connectivity index (χ0v) is 16.5. The molecule has 2 aromatic carbocycles. The molecule has 0 spiro atoms. The number of likely N-dealkylation sites (tertiary alicyclic amines) is 1. The second kappa shape index (κ2) is 7.90. The molecule has 146 valence electrons. The van der Waals surface area contributed by atoms with E-state index in [1.807, 2.05) is 36.4 Å². The third-order valence-corrected chi connectivity index (χ3v) is 5.81. The van der Waals surface area contributed by atoms with Gasteiger partial charge in [0.1, 0.15) is 0 Å². The van der Waals surface area contributed by atoms with Gasteiger partial charge in [0.25, 0.3) is 5.91 Å². The Hall–Kier alpha value is -2.43. The van der Waals surface area contributed by atoms with Gasteiger partial charge in [-0.05, 0) is 48.1 Å². The third-order valence-electron chi connectivity index (χ3n) is 5.81. The first-order valence-electron chi connectivity index (χ1n) is 10.1. The summed E-state index contributed by atoms with van der Waals surface area (Å²) in [6.45, 7) is 2.63. The van der Waals surface area contributed by atoms with E-state index in [-0.39, 0.29) is 5.91 Å². The molecule has 1 saturated heterocycles. The smallest absolute Gasteiger partial charge is 0.253 e. The molecule has 0 bridgehead atoms. The van der Waals surface area contributed by atoms with Crippen LogP contribution in [0.2, 0.25) is 0 Å². The molecular formula is C24H28N2O2. The molecule has 4 heteroatoms. The summed E-state index contributed by atoms with van der Waals surface area (Å²) in [4.78, 5) is 16.9. The van der Waals surface area contributed by atoms with E-state index in [4.69, 9.17) is 0 Å². The van der Waals surface area contributed by atoms with Crippen LogP contribution in [0.1, 0.15) is 39.9 Å². The number of carbonyl (C=O) groups excluding carboxylic acids is 1. The second-order valence-electron chi connectivity index (χ2n) is 8.19. The van der Waals surface area contributed by atoms with Crippen LogP contribution in [0.25, 0.3) is 6.08 Å². The zero-order chi connectivity index (χ0) is 19.6. The van der Waals surface area contributed by atoms with Crippen molar-refractivity contribution in [1.82, 2.24) is 9.80 Å². The van der Waals surface area contributed by atoms with E-state index in [2.05, 4.69) is 29.2 Å². The van der Waals surface area contributed by atoms with Gasteiger partial charge in [0.05, 0.1) is 12.1 Å². The molecule has 2 aliphatic rings. The molecule has 4 rings (SSSR count). The van der Waals surface area contributed by atoms with Crippen molar-refractivity contribution in [2.75, 3.05) is 26.7 Å². The minimum Gasteiger partial charge on any atom is -0.387 e. The molecule has 4 nitrogen and oxygen atoms in total. The van der Waals surface area contributed by atoms with Crippen LogP contribution in [0.3, 0.4) is 0 Å². The van der Waals surface area contributed by atoms with Gasteiger partial charge in [-0.3, -0.25) is 9.69 Å². The summed E-state index contributed by atoms with van der Waals surface area (Å²) in [6.07, 6.45) is 6.99. The molecule has 0 saturated carbocycles. The molecule has 1 fully saturated rings. The van der Waals surface area contributed by atoms with Gasteiger partial charge in [-0.15, -0.1) is 0 Å². The number of allylic oxidation sites excluding steroid dienone is 1. The van der Waals surface area contributed by atoms with Gasteiger partial charge in [0.2, 0.25) is 0 Å². The molecule has 2 aromatic rings. The zero-order valence-electron chi connectivity index (χ0n) is 16.5. The van der Waals surface area contributed by atoms with Crippen molar-refractivity contribution >= 4 is 12.0 Å². The first-order valence-corrected chi connectivity index (χ1v) is 10.1. The second-order valence-corrected chi connectivity index (χ2v) is 8.19. The Morgan fingerprint density at radius 1 is 1.21 bits per heavy atom. The Kier molecular flexibility index (Phi) is 5.33. The first-order chi connectivity index (χ1) is 13.5. The molecular weight excluding hydrogens is 348 g/mol. The van der Waals surface area contributed by atoms with Gasteiger partial charge in [-0.2, -0.15) is 0 Å². The molecule has 1 heterocycles. The van der Waals surface area contributed by atoms with Crippen molar-refractivity contribution in [3.8, 4) is 0 Å². The van der Waals surface area contributed by atoms with Gasteiger partial charge in [0.15, 0.2) is 0 Å². The summed E-state index contributed by atoms with van der Waals surface area (Å²) in [5.41, 5.74) is 3.54. The van der Waals surface area contributed by atoms with Crippen molar-refractivity contribution in [2.24, 2.45) is 0 Å². The van der Waals surface area contributed by atoms with Crippen molar-refractivity contribution < 1.29 is 9.90 Å². The molecule has 1 unspecified atom stereocenters. The number of carbonyl (C=O) groups is 1. The van der Waals surface area contributed by atoms with E-state index in [1.54, 1.807) is 11.9 Å². The number of nitrogens with zero attached hydrogens (tertiary/aromatic N) is 2. The first kappa shape index (κ1) is 18.9. The number of hydrogen-bond acceptors (Lipinski definition) is 3. The summed E-state index contributed by atoms with van der Waals surface area (Å²) in [7, 11) is 1.79. The van der Waals surface area contributed by atoms with Crippen molar-refractivity contribution in [2.45, 2.75) is 31.4 Å². The van der Waals surface area contributed by atoms with Gasteiger partial charge < -0.3 is 10.0 Å². The summed E-state index contributed by atoms with van der Waals surface area (Å²) < 4.78 is 0. The third kappa shape index (κ3) is 4.18. The highest BCUT2D eigenvalue weighted by atomic mass is 16.3. The summed E-state index contributed by atoms with van der Waals surface area (Å²) in [6, 6.07) is 16.2. The monoisotopic (exact) mass is 376 g/mol. The lowest BCUT2D eigenvalue weighted by molar-refractivity contribution is 0.0170. The highest BCUT2D eigenvalue weighted by molar-refractivity contribution is 5.94. The molecule has 0 aromatic heterocycles. The maximum atomic E-state index is 12.9. The van der Waals surface area contributed by atoms with Crippen LogP contribution >= 0.6 is 0 Å². The van der Waals surface area contributed by atoms with E-state index >= 15 is 0 Å². The Bertz CT molecular complexity index is 877. The SMILES string of the molecule is CN(CC1(O)CCN(Cc2ccccc2)C1)C(=O)c1ccc2c(c1)CCC=C2. The molecule has 1 N–H and O–H groups in total. The van der Waals surface area contributed by atoms with E-state index in [1.165, 1.54) is 16.7 Å². The summed E-state index contributed by atoms with van der Waals surface area (Å²) in [5.74, 6) is -0.0210. The summed E-state index contributed by atoms with van der Waals surface area (Å²) in [5, 5.41) is 11.1. The number of amides is 1. The number of likely N-dealkylation sites (N-methyl/N-ethyl adjacent to an activating group) is 1. The van der Waals surface area contributed by atoms with Crippen molar-refractivity contribution in [1.29, 1.82) is 0 Å². The normalized spacial score (nSPS) is 21.5. The maximum absolute atomic E-state index is 12.9. The number of aliphatic hydroxyl groups is 1. The maximum Gasteiger partial charge on any atom is 0.253 e. The average Bonchev–Trinajstić information content (AvgIpc) is 3.07.